The normalized spacial score (nSPS) is 45.1. The Balaban J connectivity index is 0.00000337. The first-order valence-electron chi connectivity index (χ1n) is 14.9. The summed E-state index contributed by atoms with van der Waals surface area (Å²) >= 11 is 0. The molecule has 0 radical (unpaired) electrons. The van der Waals surface area contributed by atoms with Gasteiger partial charge >= 0.3 is 59.1 Å². The fourth-order valence-electron chi connectivity index (χ4n) is 9.95. The van der Waals surface area contributed by atoms with E-state index < -0.39 is 91.4 Å². The molecule has 4 aliphatic carbocycles. The van der Waals surface area contributed by atoms with Gasteiger partial charge < -0.3 is 34.6 Å². The van der Waals surface area contributed by atoms with E-state index in [1.165, 1.54) is 0 Å². The van der Waals surface area contributed by atoms with Crippen LogP contribution in [-0.2, 0) is 29.2 Å². The van der Waals surface area contributed by atoms with Gasteiger partial charge in [-0.25, -0.2) is 16.8 Å². The smallest absolute Gasteiger partial charge is 0.726 e. The van der Waals surface area contributed by atoms with Crippen molar-refractivity contribution in [1.29, 1.82) is 0 Å². The summed E-state index contributed by atoms with van der Waals surface area (Å²) in [5.41, 5.74) is -3.50. The minimum Gasteiger partial charge on any atom is -0.726 e. The molecule has 4 fully saturated rings. The van der Waals surface area contributed by atoms with Crippen LogP contribution in [-0.4, -0.2) is 94.2 Å². The molecule has 4 aliphatic rings. The Labute approximate surface area is 305 Å². The zero-order valence-corrected chi connectivity index (χ0v) is 32.2. The van der Waals surface area contributed by atoms with Crippen LogP contribution in [0.1, 0.15) is 79.1 Å². The van der Waals surface area contributed by atoms with Gasteiger partial charge in [0.1, 0.15) is 11.7 Å². The maximum Gasteiger partial charge on any atom is 1.00 e. The van der Waals surface area contributed by atoms with Crippen molar-refractivity contribution in [3.8, 4) is 0 Å². The van der Waals surface area contributed by atoms with Crippen LogP contribution in [0.4, 0.5) is 0 Å². The van der Waals surface area contributed by atoms with E-state index in [4.69, 9.17) is 4.18 Å². The molecule has 17 heteroatoms. The van der Waals surface area contributed by atoms with E-state index in [0.29, 0.717) is 38.5 Å². The van der Waals surface area contributed by atoms with Crippen molar-refractivity contribution < 1.29 is 119 Å². The Morgan fingerprint density at radius 3 is 2.02 bits per heavy atom. The summed E-state index contributed by atoms with van der Waals surface area (Å²) in [6.07, 6.45) is -3.37. The van der Waals surface area contributed by atoms with E-state index in [2.05, 4.69) is 4.18 Å². The second kappa shape index (κ2) is 14.8. The van der Waals surface area contributed by atoms with Gasteiger partial charge in [0.15, 0.2) is 0 Å². The fraction of sp³-hybridized carbons (Fsp3) is 1.00. The largest absolute Gasteiger partial charge is 1.00 e. The molecule has 0 bridgehead atoms. The molecule has 0 spiro atoms. The molecule has 0 saturated heterocycles. The van der Waals surface area contributed by atoms with Gasteiger partial charge in [-0.15, -0.1) is 0 Å². The predicted octanol–water partition coefficient (Wildman–Crippen LogP) is -5.58. The molecule has 0 aromatic rings. The Hall–Kier alpha value is 1.54. The van der Waals surface area contributed by atoms with Crippen molar-refractivity contribution in [1.82, 2.24) is 0 Å². The molecule has 246 valence electrons. The summed E-state index contributed by atoms with van der Waals surface area (Å²) in [5, 5.41) is 58.1. The number of aliphatic hydroxyl groups excluding tert-OH is 4. The Morgan fingerprint density at radius 2 is 1.45 bits per heavy atom. The number of hydrogen-bond acceptors (Lipinski definition) is 13. The van der Waals surface area contributed by atoms with Crippen molar-refractivity contribution in [3.05, 3.63) is 0 Å². The molecule has 1 unspecified atom stereocenters. The maximum atomic E-state index is 12.4. The van der Waals surface area contributed by atoms with Crippen molar-refractivity contribution in [2.45, 2.75) is 115 Å². The van der Waals surface area contributed by atoms with Gasteiger partial charge in [0.2, 0.25) is 20.8 Å². The van der Waals surface area contributed by atoms with Crippen LogP contribution >= 0.6 is 0 Å². The van der Waals surface area contributed by atoms with Gasteiger partial charge in [0.05, 0.1) is 31.0 Å². The first kappa shape index (κ1) is 41.7. The summed E-state index contributed by atoms with van der Waals surface area (Å²) < 4.78 is 74.9. The van der Waals surface area contributed by atoms with Crippen molar-refractivity contribution in [3.63, 3.8) is 0 Å². The molecule has 5 N–H and O–H groups in total. The third-order valence-electron chi connectivity index (χ3n) is 11.7. The van der Waals surface area contributed by atoms with Crippen LogP contribution in [0.3, 0.4) is 0 Å². The standard InChI is InChI=1S/C27H48O13S2.2Na/c1-14(13-39-41(33,34)35)6-5-7-15(2)19-21(29)22(30)23-26(19,4)11-9-18-25(3)10-8-16(40-42(36,37)38)12-17(25)20(28)24(31)27(18,23)32;;/h14-24,28-32H,5-13H2,1-4H3,(H,33,34,35)(H,36,37,38);;/q;2*+1/p-2/t14?,15-,16+,17-,18-,19+,20-,21-,22+,23-,24-,25+,26-,27+;;/m1../s1. The molecule has 4 rings (SSSR count). The monoisotopic (exact) mass is 688 g/mol. The quantitative estimate of drug-likeness (QED) is 0.0820. The van der Waals surface area contributed by atoms with E-state index in [-0.39, 0.29) is 90.4 Å². The van der Waals surface area contributed by atoms with Crippen LogP contribution in [0.15, 0.2) is 0 Å². The Kier molecular flexibility index (Phi) is 14.0. The summed E-state index contributed by atoms with van der Waals surface area (Å²) in [5.74, 6) is -2.97. The summed E-state index contributed by atoms with van der Waals surface area (Å²) in [7, 11) is -9.73. The van der Waals surface area contributed by atoms with Gasteiger partial charge in [0.25, 0.3) is 0 Å². The molecule has 0 aliphatic heterocycles. The predicted molar refractivity (Wildman–Crippen MR) is 145 cm³/mol. The summed E-state index contributed by atoms with van der Waals surface area (Å²) in [4.78, 5) is 0. The molecule has 0 heterocycles. The van der Waals surface area contributed by atoms with Gasteiger partial charge in [-0.2, -0.15) is 0 Å². The average Bonchev–Trinajstić information content (AvgIpc) is 3.06. The zero-order valence-electron chi connectivity index (χ0n) is 26.5. The molecular weight excluding hydrogens is 642 g/mol. The number of rotatable bonds is 10. The average molecular weight is 689 g/mol. The minimum absolute atomic E-state index is 0. The first-order valence-corrected chi connectivity index (χ1v) is 17.5. The van der Waals surface area contributed by atoms with Crippen LogP contribution in [0, 0.1) is 46.3 Å². The number of hydrogen-bond donors (Lipinski definition) is 5. The van der Waals surface area contributed by atoms with E-state index in [9.17, 15) is 51.5 Å². The van der Waals surface area contributed by atoms with Crippen molar-refractivity contribution in [2.24, 2.45) is 46.3 Å². The Morgan fingerprint density at radius 1 is 0.864 bits per heavy atom. The van der Waals surface area contributed by atoms with Gasteiger partial charge in [-0.05, 0) is 78.9 Å². The van der Waals surface area contributed by atoms with Gasteiger partial charge in [-0.1, -0.05) is 40.5 Å². The molecule has 44 heavy (non-hydrogen) atoms. The van der Waals surface area contributed by atoms with Gasteiger partial charge in [0, 0.05) is 5.92 Å². The maximum absolute atomic E-state index is 12.4. The molecule has 14 atom stereocenters. The van der Waals surface area contributed by atoms with Gasteiger partial charge in [-0.3, -0.25) is 8.37 Å². The number of fused-ring (bicyclic) bond motifs is 5. The Bertz CT molecular complexity index is 1210. The second-order valence-corrected chi connectivity index (χ2v) is 16.2. The third kappa shape index (κ3) is 7.79. The van der Waals surface area contributed by atoms with Crippen LogP contribution in [0.5, 0.6) is 0 Å². The molecule has 13 nitrogen and oxygen atoms in total. The van der Waals surface area contributed by atoms with E-state index in [0.717, 1.165) is 0 Å². The first-order chi connectivity index (χ1) is 19.2. The van der Waals surface area contributed by atoms with Crippen LogP contribution in [0.2, 0.25) is 0 Å². The third-order valence-corrected chi connectivity index (χ3v) is 12.6. The van der Waals surface area contributed by atoms with Crippen molar-refractivity contribution >= 4 is 20.8 Å². The van der Waals surface area contributed by atoms with Crippen molar-refractivity contribution in [2.75, 3.05) is 6.61 Å². The second-order valence-electron chi connectivity index (χ2n) is 14.1. The molecular formula is C27H46Na2O13S2. The van der Waals surface area contributed by atoms with Crippen LogP contribution < -0.4 is 59.1 Å². The fourth-order valence-corrected chi connectivity index (χ4v) is 10.9. The molecule has 4 saturated carbocycles. The van der Waals surface area contributed by atoms with Crippen LogP contribution in [0.25, 0.3) is 0 Å². The zero-order chi connectivity index (χ0) is 31.6. The molecule has 0 aromatic carbocycles. The SMILES string of the molecule is CC(CCC[C@@H](C)[C@H]1[C@@H](O)[C@H](O)[C@@H]2[C@]1(C)CC[C@@H]1[C@@]3(C)CC[C@H](OS(=O)(=O)[O-])C[C@@H]3[C@@H](O)[C@@H](O)[C@]12O)COS(=O)(=O)[O-].[Na+].[Na+]. The molecule has 0 amide bonds. The topological polar surface area (TPSA) is 234 Å². The van der Waals surface area contributed by atoms with E-state index in [1.807, 2.05) is 20.8 Å². The number of aliphatic hydroxyl groups is 5. The summed E-state index contributed by atoms with van der Waals surface area (Å²) in [6, 6.07) is 0. The minimum atomic E-state index is -4.96. The van der Waals surface area contributed by atoms with E-state index in [1.54, 1.807) is 6.92 Å². The van der Waals surface area contributed by atoms with E-state index >= 15 is 0 Å². The molecule has 0 aromatic heterocycles. The summed E-state index contributed by atoms with van der Waals surface area (Å²) in [6.45, 7) is 7.27.